The molecule has 2 N–H and O–H groups in total. The number of carbonyl (C=O) groups excluding carboxylic acids is 1. The van der Waals surface area contributed by atoms with Gasteiger partial charge in [-0.2, -0.15) is 5.10 Å². The van der Waals surface area contributed by atoms with Crippen LogP contribution in [0, 0.1) is 0 Å². The molecule has 1 aromatic rings. The molecule has 0 aliphatic heterocycles. The predicted molar refractivity (Wildman–Crippen MR) is 66.2 cm³/mol. The van der Waals surface area contributed by atoms with Crippen molar-refractivity contribution in [3.05, 3.63) is 18.0 Å². The van der Waals surface area contributed by atoms with E-state index in [0.717, 1.165) is 0 Å². The van der Waals surface area contributed by atoms with Gasteiger partial charge in [-0.05, 0) is 13.0 Å². The normalized spacial score (nSPS) is 12.2. The van der Waals surface area contributed by atoms with Gasteiger partial charge in [0.1, 0.15) is 5.69 Å². The lowest BCUT2D eigenvalue weighted by Gasteiger charge is -2.24. The van der Waals surface area contributed by atoms with Crippen molar-refractivity contribution in [2.75, 3.05) is 7.05 Å². The summed E-state index contributed by atoms with van der Waals surface area (Å²) in [5, 5.41) is 3.96. The van der Waals surface area contributed by atoms with Crippen LogP contribution in [0.5, 0.6) is 0 Å². The highest BCUT2D eigenvalue weighted by atomic mass is 32.1. The van der Waals surface area contributed by atoms with Crippen molar-refractivity contribution in [1.29, 1.82) is 0 Å². The summed E-state index contributed by atoms with van der Waals surface area (Å²) in [7, 11) is 3.47. The van der Waals surface area contributed by atoms with Gasteiger partial charge in [-0.1, -0.05) is 12.2 Å². The van der Waals surface area contributed by atoms with Gasteiger partial charge in [0, 0.05) is 32.8 Å². The van der Waals surface area contributed by atoms with Gasteiger partial charge in [0.05, 0.1) is 4.99 Å². The number of nitrogens with zero attached hydrogens (tertiary/aromatic N) is 3. The average Bonchev–Trinajstić information content (AvgIpc) is 2.61. The second-order valence-corrected chi connectivity index (χ2v) is 4.30. The quantitative estimate of drug-likeness (QED) is 0.781. The third-order valence-electron chi connectivity index (χ3n) is 2.52. The molecule has 5 nitrogen and oxygen atoms in total. The van der Waals surface area contributed by atoms with Crippen LogP contribution in [0.4, 0.5) is 0 Å². The Bertz CT molecular complexity index is 401. The molecule has 0 saturated heterocycles. The third kappa shape index (κ3) is 2.79. The van der Waals surface area contributed by atoms with Gasteiger partial charge in [0.2, 0.25) is 0 Å². The van der Waals surface area contributed by atoms with Crippen LogP contribution >= 0.6 is 12.2 Å². The minimum Gasteiger partial charge on any atom is -0.393 e. The van der Waals surface area contributed by atoms with Crippen LogP contribution in [0.25, 0.3) is 0 Å². The van der Waals surface area contributed by atoms with Gasteiger partial charge in [-0.15, -0.1) is 0 Å². The molecule has 0 aliphatic rings. The summed E-state index contributed by atoms with van der Waals surface area (Å²) in [6.07, 6.45) is 2.12. The standard InChI is InChI=1S/C10H16N4OS/c1-7(6-9(11)16)13(2)10(15)8-4-5-12-14(8)3/h4-5,7H,6H2,1-3H3,(H2,11,16). The lowest BCUT2D eigenvalue weighted by molar-refractivity contribution is 0.0737. The van der Waals surface area contributed by atoms with Crippen LogP contribution in [0.2, 0.25) is 0 Å². The van der Waals surface area contributed by atoms with Crippen molar-refractivity contribution >= 4 is 23.1 Å². The highest BCUT2D eigenvalue weighted by Crippen LogP contribution is 2.07. The van der Waals surface area contributed by atoms with E-state index in [4.69, 9.17) is 18.0 Å². The Balaban J connectivity index is 2.75. The zero-order valence-corrected chi connectivity index (χ0v) is 10.5. The van der Waals surface area contributed by atoms with Gasteiger partial charge in [0.25, 0.3) is 5.91 Å². The maximum absolute atomic E-state index is 12.0. The highest BCUT2D eigenvalue weighted by Gasteiger charge is 2.20. The zero-order chi connectivity index (χ0) is 12.3. The Hall–Kier alpha value is -1.43. The number of carbonyl (C=O) groups is 1. The van der Waals surface area contributed by atoms with E-state index in [1.807, 2.05) is 6.92 Å². The first-order valence-corrected chi connectivity index (χ1v) is 5.37. The van der Waals surface area contributed by atoms with E-state index < -0.39 is 0 Å². The zero-order valence-electron chi connectivity index (χ0n) is 9.67. The molecule has 16 heavy (non-hydrogen) atoms. The van der Waals surface area contributed by atoms with Crippen molar-refractivity contribution in [3.8, 4) is 0 Å². The van der Waals surface area contributed by atoms with E-state index in [9.17, 15) is 4.79 Å². The Morgan fingerprint density at radius 1 is 1.75 bits per heavy atom. The largest absolute Gasteiger partial charge is 0.393 e. The third-order valence-corrected chi connectivity index (χ3v) is 2.68. The van der Waals surface area contributed by atoms with Crippen molar-refractivity contribution in [2.24, 2.45) is 12.8 Å². The number of nitrogens with two attached hydrogens (primary N) is 1. The second kappa shape index (κ2) is 5.07. The van der Waals surface area contributed by atoms with Gasteiger partial charge in [-0.25, -0.2) is 0 Å². The summed E-state index contributed by atoms with van der Waals surface area (Å²) >= 11 is 4.83. The van der Waals surface area contributed by atoms with E-state index in [1.165, 1.54) is 0 Å². The fourth-order valence-corrected chi connectivity index (χ4v) is 1.63. The molecule has 0 bridgehead atoms. The summed E-state index contributed by atoms with van der Waals surface area (Å²) in [6.45, 7) is 1.91. The van der Waals surface area contributed by atoms with Crippen LogP contribution in [-0.4, -0.2) is 38.7 Å². The molecule has 1 rings (SSSR count). The number of hydrogen-bond donors (Lipinski definition) is 1. The van der Waals surface area contributed by atoms with E-state index in [-0.39, 0.29) is 11.9 Å². The molecular formula is C10H16N4OS. The Morgan fingerprint density at radius 2 is 2.38 bits per heavy atom. The molecule has 0 spiro atoms. The molecule has 1 atom stereocenters. The number of aryl methyl sites for hydroxylation is 1. The average molecular weight is 240 g/mol. The summed E-state index contributed by atoms with van der Waals surface area (Å²) in [4.78, 5) is 14.1. The van der Waals surface area contributed by atoms with Crippen molar-refractivity contribution in [3.63, 3.8) is 0 Å². The van der Waals surface area contributed by atoms with Gasteiger partial charge < -0.3 is 10.6 Å². The molecule has 0 aromatic carbocycles. The summed E-state index contributed by atoms with van der Waals surface area (Å²) in [6, 6.07) is 1.67. The van der Waals surface area contributed by atoms with Gasteiger partial charge in [-0.3, -0.25) is 9.48 Å². The number of aromatic nitrogens is 2. The number of hydrogen-bond acceptors (Lipinski definition) is 3. The highest BCUT2D eigenvalue weighted by molar-refractivity contribution is 7.80. The minimum absolute atomic E-state index is 0.0140. The first-order chi connectivity index (χ1) is 7.43. The number of thiocarbonyl (C=S) groups is 1. The molecular weight excluding hydrogens is 224 g/mol. The fraction of sp³-hybridized carbons (Fsp3) is 0.500. The molecule has 1 unspecified atom stereocenters. The molecule has 0 radical (unpaired) electrons. The molecule has 0 fully saturated rings. The van der Waals surface area contributed by atoms with Crippen LogP contribution in [0.1, 0.15) is 23.8 Å². The second-order valence-electron chi connectivity index (χ2n) is 3.78. The van der Waals surface area contributed by atoms with Crippen LogP contribution in [0.15, 0.2) is 12.3 Å². The minimum atomic E-state index is -0.0799. The van der Waals surface area contributed by atoms with Crippen LogP contribution in [-0.2, 0) is 7.05 Å². The Morgan fingerprint density at radius 3 is 2.81 bits per heavy atom. The summed E-state index contributed by atoms with van der Waals surface area (Å²) in [5.41, 5.74) is 6.01. The molecule has 6 heteroatoms. The lowest BCUT2D eigenvalue weighted by Crippen LogP contribution is -2.38. The topological polar surface area (TPSA) is 64.2 Å². The summed E-state index contributed by atoms with van der Waals surface area (Å²) in [5.74, 6) is -0.0799. The molecule has 88 valence electrons. The van der Waals surface area contributed by atoms with Crippen LogP contribution < -0.4 is 5.73 Å². The van der Waals surface area contributed by atoms with Crippen LogP contribution in [0.3, 0.4) is 0 Å². The van der Waals surface area contributed by atoms with Gasteiger partial charge >= 0.3 is 0 Å². The number of amides is 1. The van der Waals surface area contributed by atoms with E-state index in [1.54, 1.807) is 35.9 Å². The van der Waals surface area contributed by atoms with Crippen molar-refractivity contribution in [2.45, 2.75) is 19.4 Å². The van der Waals surface area contributed by atoms with E-state index in [0.29, 0.717) is 17.1 Å². The molecule has 1 amide bonds. The molecule has 1 aromatic heterocycles. The number of rotatable bonds is 4. The maximum Gasteiger partial charge on any atom is 0.272 e. The maximum atomic E-state index is 12.0. The van der Waals surface area contributed by atoms with E-state index >= 15 is 0 Å². The fourth-order valence-electron chi connectivity index (χ4n) is 1.39. The molecule has 0 aliphatic carbocycles. The SMILES string of the molecule is CC(CC(N)=S)N(C)C(=O)c1ccnn1C. The predicted octanol–water partition coefficient (Wildman–Crippen LogP) is 0.557. The Labute approximate surface area is 100 Å². The van der Waals surface area contributed by atoms with Gasteiger partial charge in [0.15, 0.2) is 0 Å². The Kier molecular flexibility index (Phi) is 4.00. The smallest absolute Gasteiger partial charge is 0.272 e. The van der Waals surface area contributed by atoms with Crippen molar-refractivity contribution < 1.29 is 4.79 Å². The molecule has 0 saturated carbocycles. The lowest BCUT2D eigenvalue weighted by atomic mass is 10.2. The first-order valence-electron chi connectivity index (χ1n) is 4.97. The van der Waals surface area contributed by atoms with E-state index in [2.05, 4.69) is 5.10 Å². The molecule has 1 heterocycles. The first kappa shape index (κ1) is 12.6. The van der Waals surface area contributed by atoms with Crippen molar-refractivity contribution in [1.82, 2.24) is 14.7 Å². The summed E-state index contributed by atoms with van der Waals surface area (Å²) < 4.78 is 1.55. The monoisotopic (exact) mass is 240 g/mol.